The summed E-state index contributed by atoms with van der Waals surface area (Å²) in [6, 6.07) is 2.94. The van der Waals surface area contributed by atoms with Gasteiger partial charge in [0.15, 0.2) is 0 Å². The molecule has 0 aromatic heterocycles. The molecule has 0 spiro atoms. The highest BCUT2D eigenvalue weighted by Gasteiger charge is 2.16. The number of nitrogens with two attached hydrogens (primary N) is 1. The minimum absolute atomic E-state index is 0. The van der Waals surface area contributed by atoms with E-state index in [1.165, 1.54) is 12.1 Å². The molecule has 1 rings (SSSR count). The molecule has 0 heterocycles. The first-order valence-corrected chi connectivity index (χ1v) is 6.02. The van der Waals surface area contributed by atoms with E-state index >= 15 is 0 Å². The zero-order valence-electron chi connectivity index (χ0n) is 10.8. The van der Waals surface area contributed by atoms with Crippen molar-refractivity contribution in [2.24, 2.45) is 5.73 Å². The molecule has 0 fully saturated rings. The van der Waals surface area contributed by atoms with Gasteiger partial charge in [0.2, 0.25) is 5.91 Å². The topological polar surface area (TPSA) is 55.1 Å². The fourth-order valence-electron chi connectivity index (χ4n) is 1.71. The van der Waals surface area contributed by atoms with Gasteiger partial charge in [-0.1, -0.05) is 13.0 Å². The summed E-state index contributed by atoms with van der Waals surface area (Å²) >= 11 is 0. The molecule has 0 bridgehead atoms. The van der Waals surface area contributed by atoms with Gasteiger partial charge in [-0.25, -0.2) is 8.78 Å². The van der Waals surface area contributed by atoms with Crippen LogP contribution in [0.4, 0.5) is 8.78 Å². The largest absolute Gasteiger partial charge is 0.349 e. The fraction of sp³-hybridized carbons (Fsp3) is 0.462. The maximum Gasteiger partial charge on any atom is 0.220 e. The minimum atomic E-state index is -0.638. The van der Waals surface area contributed by atoms with Crippen molar-refractivity contribution in [3.63, 3.8) is 0 Å². The van der Waals surface area contributed by atoms with Crippen LogP contribution in [0, 0.1) is 11.6 Å². The summed E-state index contributed by atoms with van der Waals surface area (Å²) in [6.45, 7) is 2.27. The van der Waals surface area contributed by atoms with Crippen molar-refractivity contribution in [2.45, 2.75) is 32.2 Å². The van der Waals surface area contributed by atoms with E-state index in [2.05, 4.69) is 5.32 Å². The number of hydrogen-bond donors (Lipinski definition) is 2. The summed E-state index contributed by atoms with van der Waals surface area (Å²) < 4.78 is 26.4. The van der Waals surface area contributed by atoms with Gasteiger partial charge >= 0.3 is 0 Å². The third-order valence-electron chi connectivity index (χ3n) is 2.69. The van der Waals surface area contributed by atoms with Crippen molar-refractivity contribution in [2.75, 3.05) is 6.54 Å². The molecule has 1 unspecified atom stereocenters. The third kappa shape index (κ3) is 5.53. The van der Waals surface area contributed by atoms with E-state index in [0.29, 0.717) is 31.4 Å². The second-order valence-electron chi connectivity index (χ2n) is 4.09. The molecule has 3 nitrogen and oxygen atoms in total. The Morgan fingerprint density at radius 3 is 2.63 bits per heavy atom. The lowest BCUT2D eigenvalue weighted by atomic mass is 10.0. The van der Waals surface area contributed by atoms with Crippen LogP contribution in [0.2, 0.25) is 0 Å². The Morgan fingerprint density at radius 2 is 2.11 bits per heavy atom. The number of carbonyl (C=O) groups excluding carboxylic acids is 1. The van der Waals surface area contributed by atoms with Crippen LogP contribution in [0.1, 0.15) is 37.8 Å². The molecule has 0 saturated carbocycles. The molecule has 108 valence electrons. The van der Waals surface area contributed by atoms with Crippen LogP contribution in [0.5, 0.6) is 0 Å². The van der Waals surface area contributed by atoms with Gasteiger partial charge in [-0.2, -0.15) is 0 Å². The molecule has 6 heteroatoms. The number of amides is 1. The molecule has 0 aliphatic rings. The Kier molecular flexibility index (Phi) is 8.27. The van der Waals surface area contributed by atoms with Crippen LogP contribution in [0.15, 0.2) is 18.2 Å². The molecule has 0 saturated heterocycles. The maximum absolute atomic E-state index is 13.6. The highest BCUT2D eigenvalue weighted by molar-refractivity contribution is 5.85. The van der Waals surface area contributed by atoms with Crippen LogP contribution in [0.25, 0.3) is 0 Å². The van der Waals surface area contributed by atoms with Crippen LogP contribution >= 0.6 is 12.4 Å². The van der Waals surface area contributed by atoms with E-state index in [0.717, 1.165) is 6.07 Å². The Labute approximate surface area is 118 Å². The quantitative estimate of drug-likeness (QED) is 0.847. The van der Waals surface area contributed by atoms with Crippen molar-refractivity contribution < 1.29 is 13.6 Å². The second-order valence-corrected chi connectivity index (χ2v) is 4.09. The zero-order valence-corrected chi connectivity index (χ0v) is 11.6. The van der Waals surface area contributed by atoms with Crippen LogP contribution in [0.3, 0.4) is 0 Å². The zero-order chi connectivity index (χ0) is 13.5. The Hall–Kier alpha value is -1.20. The maximum atomic E-state index is 13.6. The summed E-state index contributed by atoms with van der Waals surface area (Å²) in [4.78, 5) is 11.6. The normalized spacial score (nSPS) is 11.6. The average molecular weight is 293 g/mol. The van der Waals surface area contributed by atoms with Crippen LogP contribution in [-0.2, 0) is 4.79 Å². The second kappa shape index (κ2) is 8.82. The smallest absolute Gasteiger partial charge is 0.220 e. The van der Waals surface area contributed by atoms with Crippen molar-refractivity contribution in [1.29, 1.82) is 0 Å². The molecule has 1 aromatic rings. The third-order valence-corrected chi connectivity index (χ3v) is 2.69. The number of hydrogen-bond acceptors (Lipinski definition) is 2. The molecular weight excluding hydrogens is 274 g/mol. The Bertz CT molecular complexity index is 416. The van der Waals surface area contributed by atoms with Crippen molar-refractivity contribution in [3.05, 3.63) is 35.4 Å². The first-order chi connectivity index (χ1) is 8.58. The summed E-state index contributed by atoms with van der Waals surface area (Å²) in [6.07, 6.45) is 1.45. The van der Waals surface area contributed by atoms with E-state index in [1.807, 2.05) is 6.92 Å². The minimum Gasteiger partial charge on any atom is -0.349 e. The van der Waals surface area contributed by atoms with E-state index in [4.69, 9.17) is 5.73 Å². The molecule has 0 aliphatic carbocycles. The van der Waals surface area contributed by atoms with Gasteiger partial charge in [0, 0.05) is 18.1 Å². The molecule has 0 aliphatic heterocycles. The standard InChI is InChI=1S/C13H18F2N2O.ClH/c1-2-12(17-13(18)4-3-7-16)10-6-5-9(14)8-11(10)15;/h5-6,8,12H,2-4,7,16H2,1H3,(H,17,18);1H. The summed E-state index contributed by atoms with van der Waals surface area (Å²) in [5, 5.41) is 2.72. The number of rotatable bonds is 6. The molecule has 1 atom stereocenters. The van der Waals surface area contributed by atoms with Crippen LogP contribution < -0.4 is 11.1 Å². The van der Waals surface area contributed by atoms with Gasteiger partial charge in [0.05, 0.1) is 6.04 Å². The highest BCUT2D eigenvalue weighted by atomic mass is 35.5. The SMILES string of the molecule is CCC(NC(=O)CCCN)c1ccc(F)cc1F.Cl. The molecule has 3 N–H and O–H groups in total. The Morgan fingerprint density at radius 1 is 1.42 bits per heavy atom. The first kappa shape index (κ1) is 17.8. The van der Waals surface area contributed by atoms with Gasteiger partial charge in [-0.15, -0.1) is 12.4 Å². The van der Waals surface area contributed by atoms with Gasteiger partial charge in [0.25, 0.3) is 0 Å². The van der Waals surface area contributed by atoms with Crippen molar-refractivity contribution >= 4 is 18.3 Å². The van der Waals surface area contributed by atoms with E-state index in [-0.39, 0.29) is 18.3 Å². The molecule has 1 aromatic carbocycles. The van der Waals surface area contributed by atoms with E-state index in [9.17, 15) is 13.6 Å². The lowest BCUT2D eigenvalue weighted by molar-refractivity contribution is -0.121. The molecule has 1 amide bonds. The van der Waals surface area contributed by atoms with E-state index < -0.39 is 17.7 Å². The van der Waals surface area contributed by atoms with Crippen molar-refractivity contribution in [3.8, 4) is 0 Å². The van der Waals surface area contributed by atoms with Gasteiger partial charge in [-0.05, 0) is 25.5 Å². The Balaban J connectivity index is 0.00000324. The predicted molar refractivity (Wildman–Crippen MR) is 73.1 cm³/mol. The summed E-state index contributed by atoms with van der Waals surface area (Å²) in [5.41, 5.74) is 5.62. The number of nitrogens with one attached hydrogen (secondary N) is 1. The van der Waals surface area contributed by atoms with Gasteiger partial charge in [0.1, 0.15) is 11.6 Å². The molecular formula is C13H19ClF2N2O. The first-order valence-electron chi connectivity index (χ1n) is 6.02. The van der Waals surface area contributed by atoms with Crippen molar-refractivity contribution in [1.82, 2.24) is 5.32 Å². The van der Waals surface area contributed by atoms with E-state index in [1.54, 1.807) is 0 Å². The van der Waals surface area contributed by atoms with Gasteiger partial charge in [-0.3, -0.25) is 4.79 Å². The number of carbonyl (C=O) groups is 1. The summed E-state index contributed by atoms with van der Waals surface area (Å²) in [7, 11) is 0. The lowest BCUT2D eigenvalue weighted by Crippen LogP contribution is -2.29. The predicted octanol–water partition coefficient (Wildman–Crippen LogP) is 2.69. The monoisotopic (exact) mass is 292 g/mol. The van der Waals surface area contributed by atoms with Crippen LogP contribution in [-0.4, -0.2) is 12.5 Å². The highest BCUT2D eigenvalue weighted by Crippen LogP contribution is 2.21. The summed E-state index contributed by atoms with van der Waals surface area (Å²) in [5.74, 6) is -1.43. The van der Waals surface area contributed by atoms with Gasteiger partial charge < -0.3 is 11.1 Å². The number of halogens is 3. The average Bonchev–Trinajstić information content (AvgIpc) is 2.34. The number of benzene rings is 1. The lowest BCUT2D eigenvalue weighted by Gasteiger charge is -2.18. The molecule has 0 radical (unpaired) electrons. The fourth-order valence-corrected chi connectivity index (χ4v) is 1.71. The molecule has 19 heavy (non-hydrogen) atoms.